The Bertz CT molecular complexity index is 628. The van der Waals surface area contributed by atoms with Gasteiger partial charge in [-0.2, -0.15) is 0 Å². The molecule has 0 atom stereocenters. The summed E-state index contributed by atoms with van der Waals surface area (Å²) in [4.78, 5) is 12.4. The van der Waals surface area contributed by atoms with E-state index in [1.165, 1.54) is 0 Å². The highest BCUT2D eigenvalue weighted by Crippen LogP contribution is 2.27. The number of benzene rings is 2. The van der Waals surface area contributed by atoms with Crippen molar-refractivity contribution in [3.8, 4) is 5.75 Å². The van der Waals surface area contributed by atoms with Crippen molar-refractivity contribution in [3.63, 3.8) is 0 Å². The van der Waals surface area contributed by atoms with Crippen LogP contribution in [0.4, 0.5) is 5.69 Å². The van der Waals surface area contributed by atoms with Crippen LogP contribution < -0.4 is 10.5 Å². The number of hydrogen-bond donors (Lipinski definition) is 1. The summed E-state index contributed by atoms with van der Waals surface area (Å²) < 4.78 is 6.47. The minimum absolute atomic E-state index is 0.0454. The van der Waals surface area contributed by atoms with Crippen molar-refractivity contribution in [2.24, 2.45) is 0 Å². The van der Waals surface area contributed by atoms with Gasteiger partial charge in [0.2, 0.25) is 0 Å². The molecule has 3 nitrogen and oxygen atoms in total. The first-order valence-electron chi connectivity index (χ1n) is 6.49. The van der Waals surface area contributed by atoms with Crippen molar-refractivity contribution in [1.82, 2.24) is 0 Å². The molecule has 0 aromatic heterocycles. The first kappa shape index (κ1) is 13.2. The zero-order chi connectivity index (χ0) is 14.1. The molecule has 1 fully saturated rings. The number of hydrogen-bond acceptors (Lipinski definition) is 3. The van der Waals surface area contributed by atoms with E-state index in [1.54, 1.807) is 30.3 Å². The van der Waals surface area contributed by atoms with E-state index in [9.17, 15) is 4.79 Å². The molecule has 2 aromatic rings. The van der Waals surface area contributed by atoms with Gasteiger partial charge in [-0.15, -0.1) is 0 Å². The Morgan fingerprint density at radius 1 is 1.10 bits per heavy atom. The molecule has 20 heavy (non-hydrogen) atoms. The van der Waals surface area contributed by atoms with Gasteiger partial charge in [-0.25, -0.2) is 0 Å². The van der Waals surface area contributed by atoms with E-state index in [2.05, 4.69) is 15.9 Å². The molecule has 0 saturated heterocycles. The molecule has 0 radical (unpaired) electrons. The van der Waals surface area contributed by atoms with Gasteiger partial charge in [0.1, 0.15) is 5.75 Å². The first-order valence-corrected chi connectivity index (χ1v) is 7.28. The maximum Gasteiger partial charge on any atom is 0.193 e. The van der Waals surface area contributed by atoms with Crippen LogP contribution in [0.15, 0.2) is 46.9 Å². The number of anilines is 1. The van der Waals surface area contributed by atoms with E-state index >= 15 is 0 Å². The largest absolute Gasteiger partial charge is 0.490 e. The molecule has 102 valence electrons. The lowest BCUT2D eigenvalue weighted by molar-refractivity contribution is 0.103. The molecular formula is C16H14BrNO2. The van der Waals surface area contributed by atoms with Crippen molar-refractivity contribution in [3.05, 3.63) is 58.1 Å². The summed E-state index contributed by atoms with van der Waals surface area (Å²) in [5, 5.41) is 0. The molecular weight excluding hydrogens is 318 g/mol. The van der Waals surface area contributed by atoms with E-state index in [-0.39, 0.29) is 5.78 Å². The van der Waals surface area contributed by atoms with Crippen LogP contribution in [0, 0.1) is 0 Å². The normalized spacial score (nSPS) is 14.1. The second kappa shape index (κ2) is 5.29. The summed E-state index contributed by atoms with van der Waals surface area (Å²) >= 11 is 3.35. The second-order valence-corrected chi connectivity index (χ2v) is 5.86. The van der Waals surface area contributed by atoms with Crippen molar-refractivity contribution < 1.29 is 9.53 Å². The molecule has 1 saturated carbocycles. The fraction of sp³-hybridized carbons (Fsp3) is 0.188. The first-order chi connectivity index (χ1) is 9.61. The molecule has 0 amide bonds. The van der Waals surface area contributed by atoms with E-state index in [4.69, 9.17) is 10.5 Å². The summed E-state index contributed by atoms with van der Waals surface area (Å²) in [6, 6.07) is 12.5. The monoisotopic (exact) mass is 331 g/mol. The Kier molecular flexibility index (Phi) is 3.49. The smallest absolute Gasteiger partial charge is 0.193 e. The Balaban J connectivity index is 1.81. The Hall–Kier alpha value is -1.81. The fourth-order valence-corrected chi connectivity index (χ4v) is 2.48. The molecule has 0 spiro atoms. The lowest BCUT2D eigenvalue weighted by atomic mass is 10.0. The number of carbonyl (C=O) groups is 1. The predicted molar refractivity (Wildman–Crippen MR) is 82.1 cm³/mol. The number of nitrogens with two attached hydrogens (primary N) is 1. The predicted octanol–water partition coefficient (Wildman–Crippen LogP) is 3.80. The summed E-state index contributed by atoms with van der Waals surface area (Å²) in [6.07, 6.45) is 2.61. The Morgan fingerprint density at radius 3 is 2.40 bits per heavy atom. The van der Waals surface area contributed by atoms with Crippen molar-refractivity contribution in [2.45, 2.75) is 18.9 Å². The average molecular weight is 332 g/mol. The van der Waals surface area contributed by atoms with E-state index in [0.29, 0.717) is 22.9 Å². The van der Waals surface area contributed by atoms with Crippen molar-refractivity contribution in [2.75, 3.05) is 5.73 Å². The second-order valence-electron chi connectivity index (χ2n) is 4.94. The minimum atomic E-state index is -0.0454. The third-order valence-corrected chi connectivity index (χ3v) is 3.58. The SMILES string of the molecule is Nc1cc(Br)cc(C(=O)c2ccc(OC3CC3)cc2)c1. The maximum atomic E-state index is 12.4. The van der Waals surface area contributed by atoms with Crippen molar-refractivity contribution >= 4 is 27.4 Å². The highest BCUT2D eigenvalue weighted by molar-refractivity contribution is 9.10. The third kappa shape index (κ3) is 3.02. The molecule has 0 unspecified atom stereocenters. The van der Waals surface area contributed by atoms with Crippen LogP contribution in [0.3, 0.4) is 0 Å². The van der Waals surface area contributed by atoms with Crippen LogP contribution in [0.1, 0.15) is 28.8 Å². The van der Waals surface area contributed by atoms with Gasteiger partial charge >= 0.3 is 0 Å². The molecule has 0 bridgehead atoms. The van der Waals surface area contributed by atoms with Crippen LogP contribution in [0.5, 0.6) is 5.75 Å². The number of ether oxygens (including phenoxy) is 1. The molecule has 0 aliphatic heterocycles. The minimum Gasteiger partial charge on any atom is -0.490 e. The summed E-state index contributed by atoms with van der Waals surface area (Å²) in [5.41, 5.74) is 7.53. The van der Waals surface area contributed by atoms with Gasteiger partial charge in [0, 0.05) is 21.3 Å². The number of rotatable bonds is 4. The highest BCUT2D eigenvalue weighted by atomic mass is 79.9. The third-order valence-electron chi connectivity index (χ3n) is 3.13. The number of halogens is 1. The topological polar surface area (TPSA) is 52.3 Å². The molecule has 4 heteroatoms. The molecule has 2 N–H and O–H groups in total. The lowest BCUT2D eigenvalue weighted by Crippen LogP contribution is -2.03. The van der Waals surface area contributed by atoms with Crippen LogP contribution in [0.25, 0.3) is 0 Å². The molecule has 1 aliphatic rings. The summed E-state index contributed by atoms with van der Waals surface area (Å²) in [5.74, 6) is 0.772. The van der Waals surface area contributed by atoms with Crippen LogP contribution in [-0.4, -0.2) is 11.9 Å². The van der Waals surface area contributed by atoms with Crippen LogP contribution in [0.2, 0.25) is 0 Å². The maximum absolute atomic E-state index is 12.4. The molecule has 2 aromatic carbocycles. The van der Waals surface area contributed by atoms with Gasteiger partial charge in [0.15, 0.2) is 5.78 Å². The van der Waals surface area contributed by atoms with E-state index in [1.807, 2.05) is 12.1 Å². The Morgan fingerprint density at radius 2 is 1.80 bits per heavy atom. The van der Waals surface area contributed by atoms with Crippen LogP contribution >= 0.6 is 15.9 Å². The summed E-state index contributed by atoms with van der Waals surface area (Å²) in [7, 11) is 0. The summed E-state index contributed by atoms with van der Waals surface area (Å²) in [6.45, 7) is 0. The van der Waals surface area contributed by atoms with E-state index < -0.39 is 0 Å². The molecule has 0 heterocycles. The standard InChI is InChI=1S/C16H14BrNO2/c17-12-7-11(8-13(18)9-12)16(19)10-1-3-14(4-2-10)20-15-5-6-15/h1-4,7-9,15H,5-6,18H2. The number of nitrogen functional groups attached to an aromatic ring is 1. The Labute approximate surface area is 125 Å². The van der Waals surface area contributed by atoms with E-state index in [0.717, 1.165) is 23.1 Å². The quantitative estimate of drug-likeness (QED) is 0.684. The van der Waals surface area contributed by atoms with Gasteiger partial charge in [0.25, 0.3) is 0 Å². The number of carbonyl (C=O) groups excluding carboxylic acids is 1. The van der Waals surface area contributed by atoms with Crippen molar-refractivity contribution in [1.29, 1.82) is 0 Å². The zero-order valence-electron chi connectivity index (χ0n) is 10.8. The molecule has 3 rings (SSSR count). The van der Waals surface area contributed by atoms with Crippen LogP contribution in [-0.2, 0) is 0 Å². The van der Waals surface area contributed by atoms with Gasteiger partial charge in [-0.1, -0.05) is 15.9 Å². The van der Waals surface area contributed by atoms with Gasteiger partial charge in [-0.05, 0) is 55.3 Å². The zero-order valence-corrected chi connectivity index (χ0v) is 12.4. The van der Waals surface area contributed by atoms with Gasteiger partial charge in [0.05, 0.1) is 6.10 Å². The number of ketones is 1. The fourth-order valence-electron chi connectivity index (χ4n) is 1.97. The molecule has 1 aliphatic carbocycles. The lowest BCUT2D eigenvalue weighted by Gasteiger charge is -2.06. The van der Waals surface area contributed by atoms with Gasteiger partial charge < -0.3 is 10.5 Å². The highest BCUT2D eigenvalue weighted by Gasteiger charge is 2.23. The van der Waals surface area contributed by atoms with Gasteiger partial charge in [-0.3, -0.25) is 4.79 Å². The average Bonchev–Trinajstić information content (AvgIpc) is 3.22.